The fraction of sp³-hybridized carbons (Fsp3) is 0.571. The van der Waals surface area contributed by atoms with Crippen molar-refractivity contribution < 1.29 is 5.11 Å². The molecule has 1 saturated carbocycles. The number of phenols is 1. The second-order valence-electron chi connectivity index (χ2n) is 4.72. The first-order valence-electron chi connectivity index (χ1n) is 6.08. The van der Waals surface area contributed by atoms with Gasteiger partial charge in [0.2, 0.25) is 0 Å². The van der Waals surface area contributed by atoms with Crippen LogP contribution in [0.2, 0.25) is 0 Å². The molecule has 1 nitrogen and oxygen atoms in total. The SMILES string of the molecule is CC[C@H]1CC[C@H](c2ccc(O)cc2)CC1. The quantitative estimate of drug-likeness (QED) is 0.769. The zero-order valence-electron chi connectivity index (χ0n) is 9.45. The molecular formula is C14H20O. The van der Waals surface area contributed by atoms with Crippen molar-refractivity contribution in [3.63, 3.8) is 0 Å². The van der Waals surface area contributed by atoms with Crippen LogP contribution in [0.15, 0.2) is 24.3 Å². The Morgan fingerprint density at radius 3 is 2.20 bits per heavy atom. The van der Waals surface area contributed by atoms with Crippen LogP contribution in [0, 0.1) is 5.92 Å². The van der Waals surface area contributed by atoms with Crippen LogP contribution in [0.4, 0.5) is 0 Å². The van der Waals surface area contributed by atoms with Crippen molar-refractivity contribution in [2.24, 2.45) is 5.92 Å². The molecule has 1 fully saturated rings. The molecule has 0 aromatic heterocycles. The van der Waals surface area contributed by atoms with Gasteiger partial charge in [0.15, 0.2) is 0 Å². The molecule has 1 aromatic rings. The van der Waals surface area contributed by atoms with Crippen molar-refractivity contribution in [2.45, 2.75) is 44.9 Å². The lowest BCUT2D eigenvalue weighted by atomic mass is 9.78. The van der Waals surface area contributed by atoms with Gasteiger partial charge in [-0.2, -0.15) is 0 Å². The molecule has 0 amide bonds. The van der Waals surface area contributed by atoms with E-state index in [-0.39, 0.29) is 0 Å². The lowest BCUT2D eigenvalue weighted by Crippen LogP contribution is -2.12. The molecule has 0 heterocycles. The maximum atomic E-state index is 9.24. The summed E-state index contributed by atoms with van der Waals surface area (Å²) >= 11 is 0. The fourth-order valence-electron chi connectivity index (χ4n) is 2.65. The maximum absolute atomic E-state index is 9.24. The molecule has 1 aromatic carbocycles. The van der Waals surface area contributed by atoms with E-state index in [1.165, 1.54) is 37.7 Å². The van der Waals surface area contributed by atoms with Crippen molar-refractivity contribution in [3.05, 3.63) is 29.8 Å². The number of hydrogen-bond acceptors (Lipinski definition) is 1. The van der Waals surface area contributed by atoms with Gasteiger partial charge in [0, 0.05) is 0 Å². The monoisotopic (exact) mass is 204 g/mol. The van der Waals surface area contributed by atoms with Gasteiger partial charge in [0.25, 0.3) is 0 Å². The molecule has 0 atom stereocenters. The third kappa shape index (κ3) is 2.53. The summed E-state index contributed by atoms with van der Waals surface area (Å²) in [5, 5.41) is 9.24. The highest BCUT2D eigenvalue weighted by atomic mass is 16.3. The Balaban J connectivity index is 1.98. The summed E-state index contributed by atoms with van der Waals surface area (Å²) < 4.78 is 0. The number of aromatic hydroxyl groups is 1. The van der Waals surface area contributed by atoms with Crippen LogP contribution in [0.3, 0.4) is 0 Å². The Hall–Kier alpha value is -0.980. The molecule has 0 saturated heterocycles. The molecule has 1 heteroatoms. The molecular weight excluding hydrogens is 184 g/mol. The summed E-state index contributed by atoms with van der Waals surface area (Å²) in [5.41, 5.74) is 1.40. The molecule has 1 aliphatic rings. The topological polar surface area (TPSA) is 20.2 Å². The van der Waals surface area contributed by atoms with E-state index in [1.807, 2.05) is 0 Å². The van der Waals surface area contributed by atoms with E-state index < -0.39 is 0 Å². The first-order chi connectivity index (χ1) is 7.29. The molecule has 0 aliphatic heterocycles. The largest absolute Gasteiger partial charge is 0.508 e. The summed E-state index contributed by atoms with van der Waals surface area (Å²) in [6, 6.07) is 7.76. The Bertz CT molecular complexity index is 294. The molecule has 0 unspecified atom stereocenters. The van der Waals surface area contributed by atoms with Crippen molar-refractivity contribution in [2.75, 3.05) is 0 Å². The third-order valence-corrected chi connectivity index (χ3v) is 3.79. The number of benzene rings is 1. The van der Waals surface area contributed by atoms with Crippen LogP contribution in [-0.2, 0) is 0 Å². The normalized spacial score (nSPS) is 26.5. The van der Waals surface area contributed by atoms with Crippen LogP contribution in [-0.4, -0.2) is 5.11 Å². The highest BCUT2D eigenvalue weighted by Crippen LogP contribution is 2.37. The lowest BCUT2D eigenvalue weighted by Gasteiger charge is -2.28. The molecule has 82 valence electrons. The maximum Gasteiger partial charge on any atom is 0.115 e. The standard InChI is InChI=1S/C14H20O/c1-2-11-3-5-12(6-4-11)13-7-9-14(15)10-8-13/h7-12,15H,2-6H2,1H3/t11-,12-. The van der Waals surface area contributed by atoms with Gasteiger partial charge in [0.1, 0.15) is 5.75 Å². The van der Waals surface area contributed by atoms with E-state index in [0.29, 0.717) is 5.75 Å². The molecule has 1 aliphatic carbocycles. The van der Waals surface area contributed by atoms with Crippen LogP contribution >= 0.6 is 0 Å². The third-order valence-electron chi connectivity index (χ3n) is 3.79. The van der Waals surface area contributed by atoms with E-state index in [1.54, 1.807) is 12.1 Å². The average Bonchev–Trinajstić information content (AvgIpc) is 2.30. The van der Waals surface area contributed by atoms with Gasteiger partial charge in [-0.15, -0.1) is 0 Å². The average molecular weight is 204 g/mol. The minimum Gasteiger partial charge on any atom is -0.508 e. The predicted octanol–water partition coefficient (Wildman–Crippen LogP) is 4.08. The van der Waals surface area contributed by atoms with Gasteiger partial charge >= 0.3 is 0 Å². The Morgan fingerprint density at radius 2 is 1.67 bits per heavy atom. The molecule has 0 radical (unpaired) electrons. The molecule has 0 spiro atoms. The lowest BCUT2D eigenvalue weighted by molar-refractivity contribution is 0.318. The Kier molecular flexibility index (Phi) is 3.30. The molecule has 0 bridgehead atoms. The molecule has 2 rings (SSSR count). The summed E-state index contributed by atoms with van der Waals surface area (Å²) in [6.45, 7) is 2.30. The number of rotatable bonds is 2. The van der Waals surface area contributed by atoms with Gasteiger partial charge in [-0.05, 0) is 55.2 Å². The van der Waals surface area contributed by atoms with Crippen LogP contribution < -0.4 is 0 Å². The Morgan fingerprint density at radius 1 is 1.07 bits per heavy atom. The van der Waals surface area contributed by atoms with E-state index >= 15 is 0 Å². The van der Waals surface area contributed by atoms with E-state index in [4.69, 9.17) is 0 Å². The highest BCUT2D eigenvalue weighted by Gasteiger charge is 2.20. The van der Waals surface area contributed by atoms with Crippen molar-refractivity contribution in [1.82, 2.24) is 0 Å². The summed E-state index contributed by atoms with van der Waals surface area (Å²) in [5.74, 6) is 2.06. The minimum absolute atomic E-state index is 0.376. The molecule has 1 N–H and O–H groups in total. The number of hydrogen-bond donors (Lipinski definition) is 1. The van der Waals surface area contributed by atoms with Gasteiger partial charge in [-0.3, -0.25) is 0 Å². The first kappa shape index (κ1) is 10.5. The van der Waals surface area contributed by atoms with Crippen LogP contribution in [0.1, 0.15) is 50.5 Å². The Labute approximate surface area is 92.1 Å². The van der Waals surface area contributed by atoms with Crippen molar-refractivity contribution >= 4 is 0 Å². The zero-order valence-corrected chi connectivity index (χ0v) is 9.45. The summed E-state index contributed by atoms with van der Waals surface area (Å²) in [4.78, 5) is 0. The van der Waals surface area contributed by atoms with Gasteiger partial charge in [-0.25, -0.2) is 0 Å². The van der Waals surface area contributed by atoms with Crippen molar-refractivity contribution in [3.8, 4) is 5.75 Å². The summed E-state index contributed by atoms with van der Waals surface area (Å²) in [7, 11) is 0. The van der Waals surface area contributed by atoms with Gasteiger partial charge in [0.05, 0.1) is 0 Å². The van der Waals surface area contributed by atoms with E-state index in [0.717, 1.165) is 11.8 Å². The number of phenolic OH excluding ortho intramolecular Hbond substituents is 1. The van der Waals surface area contributed by atoms with E-state index in [2.05, 4.69) is 19.1 Å². The fourth-order valence-corrected chi connectivity index (χ4v) is 2.65. The van der Waals surface area contributed by atoms with Gasteiger partial charge in [-0.1, -0.05) is 25.5 Å². The minimum atomic E-state index is 0.376. The van der Waals surface area contributed by atoms with Crippen LogP contribution in [0.5, 0.6) is 5.75 Å². The predicted molar refractivity (Wildman–Crippen MR) is 63.1 cm³/mol. The first-order valence-corrected chi connectivity index (χ1v) is 6.08. The zero-order chi connectivity index (χ0) is 10.7. The van der Waals surface area contributed by atoms with Crippen molar-refractivity contribution in [1.29, 1.82) is 0 Å². The second kappa shape index (κ2) is 4.69. The van der Waals surface area contributed by atoms with E-state index in [9.17, 15) is 5.11 Å². The van der Waals surface area contributed by atoms with Gasteiger partial charge < -0.3 is 5.11 Å². The second-order valence-corrected chi connectivity index (χ2v) is 4.72. The smallest absolute Gasteiger partial charge is 0.115 e. The summed E-state index contributed by atoms with van der Waals surface area (Å²) in [6.07, 6.45) is 6.74. The van der Waals surface area contributed by atoms with Crippen LogP contribution in [0.25, 0.3) is 0 Å². The highest BCUT2D eigenvalue weighted by molar-refractivity contribution is 5.28. The molecule has 15 heavy (non-hydrogen) atoms.